The fourth-order valence-electron chi connectivity index (χ4n) is 3.25. The first-order valence-corrected chi connectivity index (χ1v) is 8.91. The van der Waals surface area contributed by atoms with E-state index in [0.29, 0.717) is 13.2 Å². The number of nitrogens with one attached hydrogen (secondary N) is 1. The van der Waals surface area contributed by atoms with Gasteiger partial charge in [0.25, 0.3) is 0 Å². The first kappa shape index (κ1) is 18.1. The Labute approximate surface area is 153 Å². The van der Waals surface area contributed by atoms with Crippen molar-refractivity contribution in [3.8, 4) is 11.1 Å². The van der Waals surface area contributed by atoms with Crippen LogP contribution in [0.25, 0.3) is 11.1 Å². The number of fused-ring (bicyclic) bond motifs is 3. The van der Waals surface area contributed by atoms with Crippen LogP contribution in [0.1, 0.15) is 37.3 Å². The molecule has 3 N–H and O–H groups in total. The predicted octanol–water partition coefficient (Wildman–Crippen LogP) is 3.29. The van der Waals surface area contributed by atoms with Crippen molar-refractivity contribution in [1.82, 2.24) is 0 Å². The molecule has 0 aromatic heterocycles. The van der Waals surface area contributed by atoms with Crippen LogP contribution in [-0.4, -0.2) is 25.0 Å². The molecule has 1 aliphatic carbocycles. The SMILES string of the molecule is CC(C)C(=O)OCC1c2ccccc2-c2ccc(NC(=O)CCN)cc21. The van der Waals surface area contributed by atoms with Gasteiger partial charge in [-0.25, -0.2) is 0 Å². The normalized spacial score (nSPS) is 14.7. The van der Waals surface area contributed by atoms with Crippen molar-refractivity contribution in [3.05, 3.63) is 53.6 Å². The third-order valence-corrected chi connectivity index (χ3v) is 4.57. The lowest BCUT2D eigenvalue weighted by Gasteiger charge is -2.16. The highest BCUT2D eigenvalue weighted by molar-refractivity contribution is 5.92. The Hall–Kier alpha value is -2.66. The van der Waals surface area contributed by atoms with Crippen molar-refractivity contribution in [3.63, 3.8) is 0 Å². The molecule has 0 saturated carbocycles. The highest BCUT2D eigenvalue weighted by Gasteiger charge is 2.30. The van der Waals surface area contributed by atoms with Crippen LogP contribution in [0, 0.1) is 5.92 Å². The highest BCUT2D eigenvalue weighted by atomic mass is 16.5. The Morgan fingerprint density at radius 1 is 1.12 bits per heavy atom. The Morgan fingerprint density at radius 3 is 2.58 bits per heavy atom. The average Bonchev–Trinajstić information content (AvgIpc) is 2.93. The minimum atomic E-state index is -0.205. The van der Waals surface area contributed by atoms with Crippen molar-refractivity contribution < 1.29 is 14.3 Å². The van der Waals surface area contributed by atoms with Crippen LogP contribution >= 0.6 is 0 Å². The fraction of sp³-hybridized carbons (Fsp3) is 0.333. The van der Waals surface area contributed by atoms with Gasteiger partial charge in [-0.3, -0.25) is 9.59 Å². The van der Waals surface area contributed by atoms with Crippen molar-refractivity contribution in [2.24, 2.45) is 11.7 Å². The number of nitrogens with two attached hydrogens (primary N) is 1. The number of rotatable bonds is 6. The Kier molecular flexibility index (Phi) is 5.38. The van der Waals surface area contributed by atoms with Gasteiger partial charge in [0.15, 0.2) is 0 Å². The summed E-state index contributed by atoms with van der Waals surface area (Å²) in [5.41, 5.74) is 10.6. The van der Waals surface area contributed by atoms with Gasteiger partial charge in [0.05, 0.1) is 5.92 Å². The Bertz CT molecular complexity index is 830. The fourth-order valence-corrected chi connectivity index (χ4v) is 3.25. The zero-order valence-corrected chi connectivity index (χ0v) is 15.1. The summed E-state index contributed by atoms with van der Waals surface area (Å²) >= 11 is 0. The molecule has 0 spiro atoms. The molecule has 5 nitrogen and oxygen atoms in total. The lowest BCUT2D eigenvalue weighted by Crippen LogP contribution is -2.17. The summed E-state index contributed by atoms with van der Waals surface area (Å²) in [6, 6.07) is 14.0. The molecule has 5 heteroatoms. The molecule has 0 fully saturated rings. The second-order valence-corrected chi connectivity index (χ2v) is 6.81. The van der Waals surface area contributed by atoms with Gasteiger partial charge < -0.3 is 15.8 Å². The first-order valence-electron chi connectivity index (χ1n) is 8.91. The van der Waals surface area contributed by atoms with Crippen LogP contribution in [0.2, 0.25) is 0 Å². The first-order chi connectivity index (χ1) is 12.5. The molecule has 1 unspecified atom stereocenters. The van der Waals surface area contributed by atoms with Crippen LogP contribution in [0.15, 0.2) is 42.5 Å². The number of carbonyl (C=O) groups is 2. The van der Waals surface area contributed by atoms with Gasteiger partial charge in [-0.1, -0.05) is 44.2 Å². The van der Waals surface area contributed by atoms with E-state index in [1.165, 1.54) is 0 Å². The van der Waals surface area contributed by atoms with Crippen LogP contribution in [0.4, 0.5) is 5.69 Å². The Balaban J connectivity index is 1.90. The monoisotopic (exact) mass is 352 g/mol. The van der Waals surface area contributed by atoms with Gasteiger partial charge in [-0.05, 0) is 34.4 Å². The topological polar surface area (TPSA) is 81.4 Å². The van der Waals surface area contributed by atoms with E-state index in [1.807, 2.05) is 44.2 Å². The summed E-state index contributed by atoms with van der Waals surface area (Å²) in [6.07, 6.45) is 0.284. The van der Waals surface area contributed by atoms with E-state index in [1.54, 1.807) is 0 Å². The smallest absolute Gasteiger partial charge is 0.308 e. The van der Waals surface area contributed by atoms with Gasteiger partial charge >= 0.3 is 5.97 Å². The lowest BCUT2D eigenvalue weighted by molar-refractivity contribution is -0.147. The maximum absolute atomic E-state index is 11.9. The standard InChI is InChI=1S/C21H24N2O3/c1-13(2)21(25)26-12-19-16-6-4-3-5-15(16)17-8-7-14(11-18(17)19)23-20(24)9-10-22/h3-8,11,13,19H,9-10,12,22H2,1-2H3,(H,23,24). The third-order valence-electron chi connectivity index (χ3n) is 4.57. The summed E-state index contributed by atoms with van der Waals surface area (Å²) < 4.78 is 5.52. The molecule has 2 aromatic rings. The van der Waals surface area contributed by atoms with Crippen molar-refractivity contribution >= 4 is 17.6 Å². The van der Waals surface area contributed by atoms with Crippen LogP contribution < -0.4 is 11.1 Å². The summed E-state index contributed by atoms with van der Waals surface area (Å²) in [6.45, 7) is 4.26. The van der Waals surface area contributed by atoms with E-state index < -0.39 is 0 Å². The summed E-state index contributed by atoms with van der Waals surface area (Å²) in [4.78, 5) is 23.8. The predicted molar refractivity (Wildman–Crippen MR) is 102 cm³/mol. The van der Waals surface area contributed by atoms with E-state index >= 15 is 0 Å². The number of benzene rings is 2. The molecule has 0 heterocycles. The maximum atomic E-state index is 11.9. The number of anilines is 1. The number of hydrogen-bond donors (Lipinski definition) is 2. The van der Waals surface area contributed by atoms with Crippen LogP contribution in [-0.2, 0) is 14.3 Å². The van der Waals surface area contributed by atoms with Gasteiger partial charge in [0, 0.05) is 24.6 Å². The molecule has 136 valence electrons. The number of carbonyl (C=O) groups excluding carboxylic acids is 2. The second-order valence-electron chi connectivity index (χ2n) is 6.81. The van der Waals surface area contributed by atoms with E-state index in [9.17, 15) is 9.59 Å². The number of hydrogen-bond acceptors (Lipinski definition) is 4. The average molecular weight is 352 g/mol. The molecular formula is C21H24N2O3. The van der Waals surface area contributed by atoms with Gasteiger partial charge in [-0.2, -0.15) is 0 Å². The number of ether oxygens (including phenoxy) is 1. The van der Waals surface area contributed by atoms with E-state index in [2.05, 4.69) is 17.4 Å². The minimum Gasteiger partial charge on any atom is -0.464 e. The molecule has 1 amide bonds. The van der Waals surface area contributed by atoms with Crippen LogP contribution in [0.3, 0.4) is 0 Å². The number of amides is 1. The van der Waals surface area contributed by atoms with Crippen molar-refractivity contribution in [2.75, 3.05) is 18.5 Å². The molecule has 0 radical (unpaired) electrons. The molecule has 3 rings (SSSR count). The van der Waals surface area contributed by atoms with Gasteiger partial charge in [0.2, 0.25) is 5.91 Å². The van der Waals surface area contributed by atoms with Gasteiger partial charge in [0.1, 0.15) is 6.61 Å². The Morgan fingerprint density at radius 2 is 1.85 bits per heavy atom. The maximum Gasteiger partial charge on any atom is 0.308 e. The molecule has 0 saturated heterocycles. The summed E-state index contributed by atoms with van der Waals surface area (Å²) in [7, 11) is 0. The second kappa shape index (κ2) is 7.70. The van der Waals surface area contributed by atoms with E-state index in [0.717, 1.165) is 27.9 Å². The molecule has 0 aliphatic heterocycles. The summed E-state index contributed by atoms with van der Waals surface area (Å²) in [5.74, 6) is -0.502. The quantitative estimate of drug-likeness (QED) is 0.782. The molecule has 0 bridgehead atoms. The van der Waals surface area contributed by atoms with E-state index in [-0.39, 0.29) is 30.1 Å². The summed E-state index contributed by atoms with van der Waals surface area (Å²) in [5, 5.41) is 2.88. The zero-order chi connectivity index (χ0) is 18.7. The van der Waals surface area contributed by atoms with Crippen molar-refractivity contribution in [2.45, 2.75) is 26.2 Å². The molecular weight excluding hydrogens is 328 g/mol. The lowest BCUT2D eigenvalue weighted by atomic mass is 9.97. The minimum absolute atomic E-state index is 0.0322. The third kappa shape index (κ3) is 3.63. The molecule has 1 atom stereocenters. The molecule has 1 aliphatic rings. The zero-order valence-electron chi connectivity index (χ0n) is 15.1. The molecule has 26 heavy (non-hydrogen) atoms. The highest BCUT2D eigenvalue weighted by Crippen LogP contribution is 2.45. The van der Waals surface area contributed by atoms with Gasteiger partial charge in [-0.15, -0.1) is 0 Å². The van der Waals surface area contributed by atoms with Crippen molar-refractivity contribution in [1.29, 1.82) is 0 Å². The van der Waals surface area contributed by atoms with Crippen LogP contribution in [0.5, 0.6) is 0 Å². The largest absolute Gasteiger partial charge is 0.464 e. The molecule has 2 aromatic carbocycles. The van der Waals surface area contributed by atoms with E-state index in [4.69, 9.17) is 10.5 Å². The number of esters is 1.